The smallest absolute Gasteiger partial charge is 0.260 e. The van der Waals surface area contributed by atoms with Crippen LogP contribution >= 0.6 is 0 Å². The number of anilines is 2. The molecule has 2 aromatic heterocycles. The Labute approximate surface area is 217 Å². The lowest BCUT2D eigenvalue weighted by Gasteiger charge is -2.40. The van der Waals surface area contributed by atoms with E-state index in [0.717, 1.165) is 6.07 Å². The van der Waals surface area contributed by atoms with Gasteiger partial charge in [-0.2, -0.15) is 0 Å². The van der Waals surface area contributed by atoms with Crippen LogP contribution in [-0.2, 0) is 11.2 Å². The summed E-state index contributed by atoms with van der Waals surface area (Å²) in [4.78, 5) is 23.6. The van der Waals surface area contributed by atoms with Gasteiger partial charge in [-0.15, -0.1) is 0 Å². The molecule has 1 amide bonds. The molecule has 1 atom stereocenters. The number of imidazole rings is 1. The number of benzene rings is 2. The minimum atomic E-state index is -1.58. The van der Waals surface area contributed by atoms with Crippen molar-refractivity contribution in [3.8, 4) is 11.3 Å². The molecule has 1 fully saturated rings. The van der Waals surface area contributed by atoms with Crippen LogP contribution in [0.5, 0.6) is 0 Å². The first kappa shape index (κ1) is 24.4. The zero-order chi connectivity index (χ0) is 26.9. The normalized spacial score (nSPS) is 21.4. The Morgan fingerprint density at radius 1 is 1.21 bits per heavy atom. The Morgan fingerprint density at radius 2 is 1.97 bits per heavy atom. The number of hydrogen-bond acceptors (Lipinski definition) is 6. The second-order valence-electron chi connectivity index (χ2n) is 10.5. The third-order valence-electron chi connectivity index (χ3n) is 7.55. The van der Waals surface area contributed by atoms with E-state index in [2.05, 4.69) is 4.98 Å². The largest absolute Gasteiger partial charge is 0.390 e. The molecule has 4 aromatic rings. The summed E-state index contributed by atoms with van der Waals surface area (Å²) >= 11 is 0. The lowest BCUT2D eigenvalue weighted by molar-refractivity contribution is -0.126. The standard InChI is InChI=1S/C28H27F2N5O3/c1-14-13-35-23(25(31)32-14)22(33-26(35)16-11-28(2,38)12-16)19-6-7-20-18(21(19)30)8-9-34(20)27(37)24(36)15-4-3-5-17(29)10-15/h3-7,10,13,16,24,36,38H,8-9,11-12H2,1-2H3,(H2,31,32). The molecule has 1 aliphatic carbocycles. The van der Waals surface area contributed by atoms with E-state index >= 15 is 4.39 Å². The van der Waals surface area contributed by atoms with Gasteiger partial charge in [-0.3, -0.25) is 9.20 Å². The van der Waals surface area contributed by atoms with Crippen LogP contribution in [-0.4, -0.2) is 42.6 Å². The van der Waals surface area contributed by atoms with Crippen molar-refractivity contribution >= 4 is 22.9 Å². The fourth-order valence-electron chi connectivity index (χ4n) is 5.77. The average molecular weight is 520 g/mol. The zero-order valence-corrected chi connectivity index (χ0v) is 20.9. The fourth-order valence-corrected chi connectivity index (χ4v) is 5.77. The van der Waals surface area contributed by atoms with Gasteiger partial charge in [0.05, 0.1) is 11.3 Å². The summed E-state index contributed by atoms with van der Waals surface area (Å²) < 4.78 is 31.5. The maximum absolute atomic E-state index is 16.0. The summed E-state index contributed by atoms with van der Waals surface area (Å²) in [6.07, 6.45) is 1.54. The highest BCUT2D eigenvalue weighted by molar-refractivity contribution is 5.99. The second kappa shape index (κ2) is 8.57. The monoisotopic (exact) mass is 519 g/mol. The first-order chi connectivity index (χ1) is 18.0. The van der Waals surface area contributed by atoms with Crippen molar-refractivity contribution < 1.29 is 23.8 Å². The lowest BCUT2D eigenvalue weighted by atomic mass is 9.72. The highest BCUT2D eigenvalue weighted by Gasteiger charge is 2.42. The van der Waals surface area contributed by atoms with Crippen LogP contribution in [0.2, 0.25) is 0 Å². The zero-order valence-electron chi connectivity index (χ0n) is 20.9. The van der Waals surface area contributed by atoms with Crippen LogP contribution in [0.1, 0.15) is 54.4 Å². The number of aromatic nitrogens is 3. The Balaban J connectivity index is 1.40. The topological polar surface area (TPSA) is 117 Å². The molecule has 0 radical (unpaired) electrons. The maximum atomic E-state index is 16.0. The summed E-state index contributed by atoms with van der Waals surface area (Å²) in [7, 11) is 0. The molecule has 6 rings (SSSR count). The van der Waals surface area contributed by atoms with Crippen molar-refractivity contribution in [2.75, 3.05) is 17.2 Å². The van der Waals surface area contributed by atoms with E-state index in [1.165, 1.54) is 23.1 Å². The van der Waals surface area contributed by atoms with Gasteiger partial charge < -0.3 is 20.8 Å². The van der Waals surface area contributed by atoms with Gasteiger partial charge in [0.1, 0.15) is 34.5 Å². The third kappa shape index (κ3) is 3.83. The minimum absolute atomic E-state index is 0.0117. The number of halogens is 2. The van der Waals surface area contributed by atoms with Gasteiger partial charge in [-0.1, -0.05) is 12.1 Å². The Kier molecular flexibility index (Phi) is 5.51. The molecular weight excluding hydrogens is 492 g/mol. The predicted octanol–water partition coefficient (Wildman–Crippen LogP) is 3.82. The first-order valence-corrected chi connectivity index (χ1v) is 12.5. The Hall–Kier alpha value is -3.89. The van der Waals surface area contributed by atoms with Crippen LogP contribution in [0, 0.1) is 18.6 Å². The highest BCUT2D eigenvalue weighted by atomic mass is 19.1. The summed E-state index contributed by atoms with van der Waals surface area (Å²) in [5, 5.41) is 20.9. The first-order valence-electron chi connectivity index (χ1n) is 12.5. The van der Waals surface area contributed by atoms with Gasteiger partial charge in [0.15, 0.2) is 6.10 Å². The van der Waals surface area contributed by atoms with E-state index < -0.39 is 29.2 Å². The molecule has 0 bridgehead atoms. The molecule has 0 spiro atoms. The van der Waals surface area contributed by atoms with Crippen LogP contribution < -0.4 is 10.6 Å². The number of nitrogen functional groups attached to an aromatic ring is 1. The molecular formula is C28H27F2N5O3. The number of nitrogens with zero attached hydrogens (tertiary/aromatic N) is 4. The predicted molar refractivity (Wildman–Crippen MR) is 138 cm³/mol. The van der Waals surface area contributed by atoms with Gasteiger partial charge >= 0.3 is 0 Å². The molecule has 2 aliphatic rings. The Bertz CT molecular complexity index is 1610. The summed E-state index contributed by atoms with van der Waals surface area (Å²) in [5.74, 6) is -0.842. The summed E-state index contributed by atoms with van der Waals surface area (Å²) in [6.45, 7) is 3.77. The quantitative estimate of drug-likeness (QED) is 0.378. The Morgan fingerprint density at radius 3 is 2.68 bits per heavy atom. The number of fused-ring (bicyclic) bond motifs is 2. The van der Waals surface area contributed by atoms with E-state index in [0.29, 0.717) is 46.8 Å². The molecule has 196 valence electrons. The van der Waals surface area contributed by atoms with E-state index in [1.54, 1.807) is 19.1 Å². The molecule has 1 unspecified atom stereocenters. The van der Waals surface area contributed by atoms with Crippen LogP contribution in [0.4, 0.5) is 20.3 Å². The van der Waals surface area contributed by atoms with Gasteiger partial charge in [-0.25, -0.2) is 18.7 Å². The summed E-state index contributed by atoms with van der Waals surface area (Å²) in [5.41, 5.74) is 8.10. The molecule has 4 N–H and O–H groups in total. The van der Waals surface area contributed by atoms with E-state index in [9.17, 15) is 19.4 Å². The van der Waals surface area contributed by atoms with Crippen molar-refractivity contribution in [2.24, 2.45) is 0 Å². The molecule has 8 nitrogen and oxygen atoms in total. The third-order valence-corrected chi connectivity index (χ3v) is 7.55. The highest BCUT2D eigenvalue weighted by Crippen LogP contribution is 2.46. The van der Waals surface area contributed by atoms with Crippen LogP contribution in [0.3, 0.4) is 0 Å². The van der Waals surface area contributed by atoms with Crippen molar-refractivity contribution in [3.05, 3.63) is 76.9 Å². The fraction of sp³-hybridized carbons (Fsp3) is 0.321. The number of carbonyl (C=O) groups is 1. The average Bonchev–Trinajstić information content (AvgIpc) is 3.44. The van der Waals surface area contributed by atoms with Gasteiger partial charge in [0, 0.05) is 35.5 Å². The number of nitrogens with two attached hydrogens (primary N) is 1. The number of hydrogen-bond donors (Lipinski definition) is 3. The van der Waals surface area contributed by atoms with Gasteiger partial charge in [0.2, 0.25) is 0 Å². The van der Waals surface area contributed by atoms with E-state index in [1.807, 2.05) is 17.5 Å². The lowest BCUT2D eigenvalue weighted by Crippen LogP contribution is -2.40. The SMILES string of the molecule is Cc1cn2c(C3CC(C)(O)C3)nc(-c3ccc4c(c3F)CCN4C(=O)C(O)c3cccc(F)c3)c2c(N)n1. The molecule has 38 heavy (non-hydrogen) atoms. The van der Waals surface area contributed by atoms with Crippen molar-refractivity contribution in [2.45, 2.75) is 50.7 Å². The van der Waals surface area contributed by atoms with Gasteiger partial charge in [0.25, 0.3) is 5.91 Å². The van der Waals surface area contributed by atoms with E-state index in [4.69, 9.17) is 10.7 Å². The molecule has 1 saturated carbocycles. The molecule has 0 saturated heterocycles. The molecule has 10 heteroatoms. The number of aliphatic hydroxyl groups excluding tert-OH is 1. The number of amides is 1. The number of rotatable bonds is 4. The number of aryl methyl sites for hydroxylation is 1. The van der Waals surface area contributed by atoms with Crippen molar-refractivity contribution in [1.82, 2.24) is 14.4 Å². The maximum Gasteiger partial charge on any atom is 0.260 e. The summed E-state index contributed by atoms with van der Waals surface area (Å²) in [6, 6.07) is 8.40. The van der Waals surface area contributed by atoms with Crippen LogP contribution in [0.15, 0.2) is 42.6 Å². The minimum Gasteiger partial charge on any atom is -0.390 e. The number of carbonyl (C=O) groups excluding carboxylic acids is 1. The molecule has 2 aromatic carbocycles. The van der Waals surface area contributed by atoms with Crippen LogP contribution in [0.25, 0.3) is 16.8 Å². The van der Waals surface area contributed by atoms with Crippen molar-refractivity contribution in [1.29, 1.82) is 0 Å². The van der Waals surface area contributed by atoms with Crippen molar-refractivity contribution in [3.63, 3.8) is 0 Å². The number of aliphatic hydroxyl groups is 2. The molecule has 3 heterocycles. The van der Waals surface area contributed by atoms with Gasteiger partial charge in [-0.05, 0) is 62.9 Å². The second-order valence-corrected chi connectivity index (χ2v) is 10.5. The van der Waals surface area contributed by atoms with E-state index in [-0.39, 0.29) is 35.8 Å². The molecule has 1 aliphatic heterocycles.